The normalized spacial score (nSPS) is 10.8. The summed E-state index contributed by atoms with van der Waals surface area (Å²) in [6.45, 7) is 1.98. The summed E-state index contributed by atoms with van der Waals surface area (Å²) in [4.78, 5) is 16.2. The Hall–Kier alpha value is -1.66. The Morgan fingerprint density at radius 3 is 3.05 bits per heavy atom. The number of aldehydes is 1. The number of rotatable bonds is 3. The van der Waals surface area contributed by atoms with Crippen LogP contribution in [-0.2, 0) is 0 Å². The van der Waals surface area contributed by atoms with Gasteiger partial charge in [0.2, 0.25) is 5.88 Å². The molecule has 0 aliphatic heterocycles. The molecule has 0 aliphatic rings. The number of nitrogens with zero attached hydrogens (tertiary/aromatic N) is 2. The predicted octanol–water partition coefficient (Wildman–Crippen LogP) is 4.07. The minimum Gasteiger partial charge on any atom is -0.437 e. The van der Waals surface area contributed by atoms with Crippen molar-refractivity contribution < 1.29 is 9.53 Å². The van der Waals surface area contributed by atoms with Gasteiger partial charge in [0.15, 0.2) is 16.9 Å². The number of fused-ring (bicyclic) bond motifs is 1. The summed E-state index contributed by atoms with van der Waals surface area (Å²) in [6, 6.07) is 5.63. The van der Waals surface area contributed by atoms with E-state index >= 15 is 0 Å². The number of aryl methyl sites for hydroxylation is 1. The maximum Gasteiger partial charge on any atom is 0.250 e. The number of carbonyl (C=O) groups excluding carboxylic acids is 1. The molecule has 0 saturated carbocycles. The van der Waals surface area contributed by atoms with E-state index in [9.17, 15) is 4.79 Å². The summed E-state index contributed by atoms with van der Waals surface area (Å²) >= 11 is 4.89. The van der Waals surface area contributed by atoms with Crippen LogP contribution in [0.1, 0.15) is 16.1 Å². The first-order chi connectivity index (χ1) is 9.19. The van der Waals surface area contributed by atoms with Gasteiger partial charge in [0.1, 0.15) is 5.75 Å². The third-order valence-electron chi connectivity index (χ3n) is 2.72. The van der Waals surface area contributed by atoms with Crippen LogP contribution < -0.4 is 4.74 Å². The lowest BCUT2D eigenvalue weighted by Crippen LogP contribution is -1.92. The van der Waals surface area contributed by atoms with Crippen LogP contribution >= 0.6 is 27.3 Å². The molecule has 0 bridgehead atoms. The molecule has 0 amide bonds. The smallest absolute Gasteiger partial charge is 0.250 e. The molecule has 1 aromatic carbocycles. The van der Waals surface area contributed by atoms with Gasteiger partial charge < -0.3 is 4.74 Å². The Labute approximate surface area is 121 Å². The van der Waals surface area contributed by atoms with E-state index < -0.39 is 0 Å². The minimum atomic E-state index is 0.337. The highest BCUT2D eigenvalue weighted by atomic mass is 79.9. The third-order valence-corrected chi connectivity index (χ3v) is 4.37. The van der Waals surface area contributed by atoms with Gasteiger partial charge in [0.05, 0.1) is 0 Å². The number of imidazole rings is 1. The van der Waals surface area contributed by atoms with Gasteiger partial charge in [-0.2, -0.15) is 4.98 Å². The first kappa shape index (κ1) is 12.4. The lowest BCUT2D eigenvalue weighted by molar-refractivity contribution is 0.111. The van der Waals surface area contributed by atoms with E-state index in [0.29, 0.717) is 17.3 Å². The van der Waals surface area contributed by atoms with Gasteiger partial charge in [-0.15, -0.1) is 11.3 Å². The second kappa shape index (κ2) is 4.79. The molecular weight excluding hydrogens is 328 g/mol. The molecule has 3 aromatic rings. The van der Waals surface area contributed by atoms with Crippen molar-refractivity contribution in [2.24, 2.45) is 0 Å². The van der Waals surface area contributed by atoms with Gasteiger partial charge >= 0.3 is 0 Å². The molecule has 0 unspecified atom stereocenters. The maximum absolute atomic E-state index is 11.2. The van der Waals surface area contributed by atoms with E-state index in [1.807, 2.05) is 30.5 Å². The van der Waals surface area contributed by atoms with Crippen LogP contribution in [0.25, 0.3) is 4.96 Å². The summed E-state index contributed by atoms with van der Waals surface area (Å²) in [5.74, 6) is 0.998. The highest BCUT2D eigenvalue weighted by Crippen LogP contribution is 2.29. The number of thiazole rings is 1. The highest BCUT2D eigenvalue weighted by molar-refractivity contribution is 9.10. The maximum atomic E-state index is 11.2. The van der Waals surface area contributed by atoms with Crippen LogP contribution in [-0.4, -0.2) is 15.7 Å². The van der Waals surface area contributed by atoms with E-state index in [1.165, 1.54) is 11.3 Å². The van der Waals surface area contributed by atoms with Gasteiger partial charge in [-0.1, -0.05) is 15.9 Å². The zero-order valence-corrected chi connectivity index (χ0v) is 12.4. The SMILES string of the molecule is Cc1cc(Oc2nc3sccn3c2C=O)ccc1Br. The third kappa shape index (κ3) is 2.17. The summed E-state index contributed by atoms with van der Waals surface area (Å²) in [5.41, 5.74) is 1.49. The van der Waals surface area contributed by atoms with Crippen molar-refractivity contribution in [2.75, 3.05) is 0 Å². The van der Waals surface area contributed by atoms with Crippen LogP contribution in [0.3, 0.4) is 0 Å². The molecule has 6 heteroatoms. The highest BCUT2D eigenvalue weighted by Gasteiger charge is 2.14. The van der Waals surface area contributed by atoms with Crippen molar-refractivity contribution in [1.29, 1.82) is 0 Å². The van der Waals surface area contributed by atoms with E-state index in [2.05, 4.69) is 20.9 Å². The van der Waals surface area contributed by atoms with Gasteiger partial charge in [0.25, 0.3) is 0 Å². The summed E-state index contributed by atoms with van der Waals surface area (Å²) in [7, 11) is 0. The van der Waals surface area contributed by atoms with E-state index in [4.69, 9.17) is 4.74 Å². The quantitative estimate of drug-likeness (QED) is 0.677. The zero-order valence-electron chi connectivity index (χ0n) is 9.96. The molecule has 4 nitrogen and oxygen atoms in total. The van der Waals surface area contributed by atoms with Gasteiger partial charge in [-0.3, -0.25) is 9.20 Å². The number of ether oxygens (including phenoxy) is 1. The minimum absolute atomic E-state index is 0.337. The average molecular weight is 337 g/mol. The topological polar surface area (TPSA) is 43.6 Å². The molecule has 3 rings (SSSR count). The largest absolute Gasteiger partial charge is 0.437 e. The zero-order chi connectivity index (χ0) is 13.4. The van der Waals surface area contributed by atoms with Crippen molar-refractivity contribution in [1.82, 2.24) is 9.38 Å². The van der Waals surface area contributed by atoms with Crippen molar-refractivity contribution in [3.63, 3.8) is 0 Å². The van der Waals surface area contributed by atoms with Gasteiger partial charge in [-0.25, -0.2) is 0 Å². The van der Waals surface area contributed by atoms with Crippen LogP contribution in [0.4, 0.5) is 0 Å². The molecule has 0 fully saturated rings. The predicted molar refractivity (Wildman–Crippen MR) is 77.4 cm³/mol. The van der Waals surface area contributed by atoms with Crippen LogP contribution in [0.5, 0.6) is 11.6 Å². The number of carbonyl (C=O) groups is 1. The lowest BCUT2D eigenvalue weighted by Gasteiger charge is -2.05. The van der Waals surface area contributed by atoms with E-state index in [-0.39, 0.29) is 0 Å². The Bertz CT molecular complexity index is 763. The first-order valence-corrected chi connectivity index (χ1v) is 7.21. The lowest BCUT2D eigenvalue weighted by atomic mass is 10.2. The van der Waals surface area contributed by atoms with Crippen LogP contribution in [0, 0.1) is 6.92 Å². The first-order valence-electron chi connectivity index (χ1n) is 5.54. The number of hydrogen-bond donors (Lipinski definition) is 0. The Morgan fingerprint density at radius 1 is 1.47 bits per heavy atom. The Morgan fingerprint density at radius 2 is 2.32 bits per heavy atom. The van der Waals surface area contributed by atoms with Crippen LogP contribution in [0.2, 0.25) is 0 Å². The van der Waals surface area contributed by atoms with Crippen LogP contribution in [0.15, 0.2) is 34.2 Å². The van der Waals surface area contributed by atoms with Gasteiger partial charge in [0, 0.05) is 16.0 Å². The summed E-state index contributed by atoms with van der Waals surface area (Å²) in [6.07, 6.45) is 2.56. The summed E-state index contributed by atoms with van der Waals surface area (Å²) in [5, 5.41) is 1.88. The second-order valence-electron chi connectivity index (χ2n) is 3.99. The van der Waals surface area contributed by atoms with Crippen molar-refractivity contribution in [2.45, 2.75) is 6.92 Å². The molecule has 96 valence electrons. The molecule has 2 heterocycles. The molecule has 0 N–H and O–H groups in total. The molecule has 0 saturated heterocycles. The second-order valence-corrected chi connectivity index (χ2v) is 5.72. The van der Waals surface area contributed by atoms with E-state index in [1.54, 1.807) is 10.6 Å². The fourth-order valence-corrected chi connectivity index (χ4v) is 2.72. The monoisotopic (exact) mass is 336 g/mol. The van der Waals surface area contributed by atoms with Crippen molar-refractivity contribution in [3.05, 3.63) is 45.5 Å². The summed E-state index contributed by atoms with van der Waals surface area (Å²) < 4.78 is 8.44. The fourth-order valence-electron chi connectivity index (χ4n) is 1.76. The number of hydrogen-bond acceptors (Lipinski definition) is 4. The van der Waals surface area contributed by atoms with E-state index in [0.717, 1.165) is 21.3 Å². The molecule has 19 heavy (non-hydrogen) atoms. The molecule has 0 spiro atoms. The molecule has 0 aliphatic carbocycles. The van der Waals surface area contributed by atoms with Crippen molar-refractivity contribution >= 4 is 38.5 Å². The molecule has 0 radical (unpaired) electrons. The number of aromatic nitrogens is 2. The van der Waals surface area contributed by atoms with Crippen molar-refractivity contribution in [3.8, 4) is 11.6 Å². The molecular formula is C13H9BrN2O2S. The number of benzene rings is 1. The van der Waals surface area contributed by atoms with Gasteiger partial charge in [-0.05, 0) is 30.7 Å². The standard InChI is InChI=1S/C13H9BrN2O2S/c1-8-6-9(2-3-10(8)14)18-12-11(7-17)16-4-5-19-13(16)15-12/h2-7H,1H3. The molecule has 0 atom stereocenters. The Balaban J connectivity index is 2.02. The Kier molecular flexibility index (Phi) is 3.12. The fraction of sp³-hybridized carbons (Fsp3) is 0.0769. The molecule has 2 aromatic heterocycles. The number of halogens is 1. The average Bonchev–Trinajstić information content (AvgIpc) is 2.94.